The van der Waals surface area contributed by atoms with E-state index in [2.05, 4.69) is 20.7 Å². The first kappa shape index (κ1) is 20.1. The number of aryl methyl sites for hydroxylation is 1. The topological polar surface area (TPSA) is 119 Å². The molecule has 3 aromatic rings. The van der Waals surface area contributed by atoms with E-state index in [9.17, 15) is 14.4 Å². The maximum atomic E-state index is 12.2. The zero-order valence-electron chi connectivity index (χ0n) is 16.1. The normalized spacial score (nSPS) is 14.1. The van der Waals surface area contributed by atoms with E-state index in [0.717, 1.165) is 18.2 Å². The summed E-state index contributed by atoms with van der Waals surface area (Å²) in [6.45, 7) is 3.09. The van der Waals surface area contributed by atoms with Crippen molar-refractivity contribution < 1.29 is 18.7 Å². The largest absolute Gasteiger partial charge is 0.419 e. The average molecular weight is 431 g/mol. The second-order valence-electron chi connectivity index (χ2n) is 6.71. The number of fused-ring (bicyclic) bond motifs is 1. The third kappa shape index (κ3) is 4.52. The van der Waals surface area contributed by atoms with Crippen molar-refractivity contribution >= 4 is 39.4 Å². The van der Waals surface area contributed by atoms with Crippen LogP contribution in [0.4, 0.5) is 5.13 Å². The smallest absolute Gasteiger partial charge is 0.408 e. The van der Waals surface area contributed by atoms with E-state index < -0.39 is 11.7 Å². The number of anilines is 1. The molecule has 1 aliphatic heterocycles. The second kappa shape index (κ2) is 9.09. The molecule has 158 valence electrons. The Balaban J connectivity index is 1.24. The van der Waals surface area contributed by atoms with Crippen LogP contribution < -0.4 is 21.5 Å². The molecule has 1 aliphatic rings. The summed E-state index contributed by atoms with van der Waals surface area (Å²) in [7, 11) is 0. The molecular weight excluding hydrogens is 410 g/mol. The van der Waals surface area contributed by atoms with Gasteiger partial charge in [0, 0.05) is 31.4 Å². The fourth-order valence-corrected chi connectivity index (χ4v) is 4.00. The van der Waals surface area contributed by atoms with Crippen molar-refractivity contribution in [3.8, 4) is 0 Å². The summed E-state index contributed by atoms with van der Waals surface area (Å²) >= 11 is 1.38. The quantitative estimate of drug-likeness (QED) is 0.562. The molecule has 2 amide bonds. The van der Waals surface area contributed by atoms with Gasteiger partial charge in [0.1, 0.15) is 5.69 Å². The number of thiazole rings is 1. The first-order chi connectivity index (χ1) is 14.6. The number of nitrogens with one attached hydrogen (secondary N) is 2. The number of benzene rings is 1. The lowest BCUT2D eigenvalue weighted by molar-refractivity contribution is -0.122. The van der Waals surface area contributed by atoms with Gasteiger partial charge in [-0.1, -0.05) is 12.1 Å². The van der Waals surface area contributed by atoms with E-state index in [0.29, 0.717) is 37.3 Å². The minimum absolute atomic E-state index is 0.141. The van der Waals surface area contributed by atoms with Gasteiger partial charge in [-0.3, -0.25) is 25.0 Å². The molecule has 1 aromatic carbocycles. The van der Waals surface area contributed by atoms with E-state index in [-0.39, 0.29) is 18.0 Å². The first-order valence-corrected chi connectivity index (χ1v) is 10.5. The molecule has 10 nitrogen and oxygen atoms in total. The highest BCUT2D eigenvalue weighted by Crippen LogP contribution is 2.21. The Morgan fingerprint density at radius 3 is 2.80 bits per heavy atom. The van der Waals surface area contributed by atoms with Crippen LogP contribution in [0.15, 0.2) is 38.9 Å². The van der Waals surface area contributed by atoms with Gasteiger partial charge in [-0.05, 0) is 18.6 Å². The number of hydrogen-bond acceptors (Lipinski definition) is 8. The molecule has 0 spiro atoms. The van der Waals surface area contributed by atoms with Crippen molar-refractivity contribution in [2.45, 2.75) is 19.4 Å². The van der Waals surface area contributed by atoms with Crippen molar-refractivity contribution in [2.75, 3.05) is 31.2 Å². The van der Waals surface area contributed by atoms with Gasteiger partial charge in [0.05, 0.1) is 18.7 Å². The number of nitrogens with zero attached hydrogens (tertiary/aromatic N) is 3. The zero-order valence-corrected chi connectivity index (χ0v) is 16.9. The lowest BCUT2D eigenvalue weighted by Gasteiger charge is -2.25. The van der Waals surface area contributed by atoms with Gasteiger partial charge in [0.15, 0.2) is 10.7 Å². The fourth-order valence-electron chi connectivity index (χ4n) is 3.14. The number of aromatic nitrogens is 2. The minimum Gasteiger partial charge on any atom is -0.408 e. The first-order valence-electron chi connectivity index (χ1n) is 9.57. The molecule has 2 N–H and O–H groups in total. The molecule has 0 saturated carbocycles. The predicted molar refractivity (Wildman–Crippen MR) is 110 cm³/mol. The molecule has 11 heteroatoms. The van der Waals surface area contributed by atoms with Gasteiger partial charge in [-0.25, -0.2) is 9.78 Å². The van der Waals surface area contributed by atoms with Crippen LogP contribution in [-0.4, -0.2) is 47.7 Å². The monoisotopic (exact) mass is 431 g/mol. The Morgan fingerprint density at radius 1 is 1.17 bits per heavy atom. The summed E-state index contributed by atoms with van der Waals surface area (Å²) in [4.78, 5) is 42.6. The van der Waals surface area contributed by atoms with Crippen LogP contribution in [0.1, 0.15) is 23.3 Å². The number of hydrogen-bond donors (Lipinski definition) is 2. The third-order valence-corrected chi connectivity index (χ3v) is 5.58. The van der Waals surface area contributed by atoms with Crippen molar-refractivity contribution in [3.05, 3.63) is 45.9 Å². The van der Waals surface area contributed by atoms with Crippen molar-refractivity contribution in [3.63, 3.8) is 0 Å². The van der Waals surface area contributed by atoms with E-state index in [1.807, 2.05) is 6.07 Å². The molecule has 2 aromatic heterocycles. The van der Waals surface area contributed by atoms with Crippen molar-refractivity contribution in [1.82, 2.24) is 20.4 Å². The molecule has 30 heavy (non-hydrogen) atoms. The van der Waals surface area contributed by atoms with Gasteiger partial charge >= 0.3 is 5.76 Å². The lowest BCUT2D eigenvalue weighted by atomic mass is 10.3. The number of amides is 2. The number of morpholine rings is 1. The Bertz CT molecular complexity index is 1100. The van der Waals surface area contributed by atoms with Crippen LogP contribution in [0.2, 0.25) is 0 Å². The fraction of sp³-hybridized carbons (Fsp3) is 0.368. The molecule has 0 bridgehead atoms. The summed E-state index contributed by atoms with van der Waals surface area (Å²) in [5.41, 5.74) is 6.21. The van der Waals surface area contributed by atoms with Crippen LogP contribution in [-0.2, 0) is 16.1 Å². The van der Waals surface area contributed by atoms with Crippen molar-refractivity contribution in [2.24, 2.45) is 0 Å². The lowest BCUT2D eigenvalue weighted by Crippen LogP contribution is -2.42. The number of oxazole rings is 1. The Kier molecular flexibility index (Phi) is 6.10. The van der Waals surface area contributed by atoms with Gasteiger partial charge in [0.2, 0.25) is 5.91 Å². The standard InChI is InChI=1S/C19H21N5O5S/c25-16(6-3-7-24-14-4-1-2-5-15(14)29-19(24)27)21-22-17(26)13-12-30-18(20-13)23-8-10-28-11-9-23/h1-2,4-5,12H,3,6-11H2,(H,21,25)(H,22,26). The molecule has 1 fully saturated rings. The zero-order chi connectivity index (χ0) is 20.9. The number of para-hydroxylation sites is 2. The number of ether oxygens (including phenoxy) is 1. The molecule has 0 radical (unpaired) electrons. The van der Waals surface area contributed by atoms with Crippen LogP contribution >= 0.6 is 11.3 Å². The number of carbonyl (C=O) groups excluding carboxylic acids is 2. The SMILES string of the molecule is O=C(CCCn1c(=O)oc2ccccc21)NNC(=O)c1csc(N2CCOCC2)n1. The molecular formula is C19H21N5O5S. The average Bonchev–Trinajstić information content (AvgIpc) is 3.38. The molecule has 4 rings (SSSR count). The Morgan fingerprint density at radius 2 is 1.97 bits per heavy atom. The number of carbonyl (C=O) groups is 2. The van der Waals surface area contributed by atoms with Crippen molar-refractivity contribution in [1.29, 1.82) is 0 Å². The molecule has 0 aliphatic carbocycles. The maximum Gasteiger partial charge on any atom is 0.419 e. The van der Waals surface area contributed by atoms with E-state index >= 15 is 0 Å². The Hall–Kier alpha value is -3.18. The van der Waals surface area contributed by atoms with Crippen LogP contribution in [0.25, 0.3) is 11.1 Å². The molecule has 0 unspecified atom stereocenters. The minimum atomic E-state index is -0.476. The summed E-state index contributed by atoms with van der Waals surface area (Å²) < 4.78 is 12.0. The molecule has 1 saturated heterocycles. The highest BCUT2D eigenvalue weighted by atomic mass is 32.1. The van der Waals surface area contributed by atoms with Crippen LogP contribution in [0, 0.1) is 0 Å². The van der Waals surface area contributed by atoms with Gasteiger partial charge < -0.3 is 14.1 Å². The summed E-state index contributed by atoms with van der Waals surface area (Å²) in [6.07, 6.45) is 0.561. The summed E-state index contributed by atoms with van der Waals surface area (Å²) in [6, 6.07) is 7.12. The molecule has 3 heterocycles. The Labute approximate surface area is 175 Å². The predicted octanol–water partition coefficient (Wildman–Crippen LogP) is 1.13. The highest BCUT2D eigenvalue weighted by Gasteiger charge is 2.18. The van der Waals surface area contributed by atoms with Crippen LogP contribution in [0.5, 0.6) is 0 Å². The maximum absolute atomic E-state index is 12.2. The van der Waals surface area contributed by atoms with Gasteiger partial charge in [-0.15, -0.1) is 11.3 Å². The highest BCUT2D eigenvalue weighted by molar-refractivity contribution is 7.13. The second-order valence-corrected chi connectivity index (χ2v) is 7.54. The van der Waals surface area contributed by atoms with Gasteiger partial charge in [-0.2, -0.15) is 0 Å². The van der Waals surface area contributed by atoms with Crippen LogP contribution in [0.3, 0.4) is 0 Å². The number of rotatable bonds is 6. The van der Waals surface area contributed by atoms with E-state index in [1.54, 1.807) is 23.6 Å². The van der Waals surface area contributed by atoms with E-state index in [1.165, 1.54) is 15.9 Å². The van der Waals surface area contributed by atoms with E-state index in [4.69, 9.17) is 9.15 Å². The summed E-state index contributed by atoms with van der Waals surface area (Å²) in [5.74, 6) is -1.28. The third-order valence-electron chi connectivity index (χ3n) is 4.68. The number of hydrazine groups is 1. The molecule has 0 atom stereocenters. The van der Waals surface area contributed by atoms with Gasteiger partial charge in [0.25, 0.3) is 5.91 Å². The summed E-state index contributed by atoms with van der Waals surface area (Å²) in [5, 5.41) is 2.41.